The van der Waals surface area contributed by atoms with Gasteiger partial charge in [-0.3, -0.25) is 4.79 Å². The Balaban J connectivity index is 1.74. The molecule has 2 atom stereocenters. The minimum atomic E-state index is -3.50. The molecule has 0 aromatic heterocycles. The van der Waals surface area contributed by atoms with Gasteiger partial charge in [0.2, 0.25) is 10.0 Å². The number of hydrogen-bond donors (Lipinski definition) is 1. The molecule has 142 valence electrons. The summed E-state index contributed by atoms with van der Waals surface area (Å²) in [7, 11) is -0.546. The van der Waals surface area contributed by atoms with E-state index < -0.39 is 10.0 Å². The number of carbonyl (C=O) groups is 1. The van der Waals surface area contributed by atoms with E-state index in [4.69, 9.17) is 0 Å². The van der Waals surface area contributed by atoms with Crippen LogP contribution in [-0.4, -0.2) is 38.4 Å². The summed E-state index contributed by atoms with van der Waals surface area (Å²) in [6.45, 7) is 6.82. The smallest absolute Gasteiger partial charge is 0.267 e. The quantitative estimate of drug-likeness (QED) is 0.820. The van der Waals surface area contributed by atoms with Gasteiger partial charge in [-0.2, -0.15) is 5.10 Å². The maximum absolute atomic E-state index is 12.4. The summed E-state index contributed by atoms with van der Waals surface area (Å²) in [5.41, 5.74) is 4.36. The highest BCUT2D eigenvalue weighted by molar-refractivity contribution is 7.89. The largest absolute Gasteiger partial charge is 0.271 e. The van der Waals surface area contributed by atoms with Crippen molar-refractivity contribution >= 4 is 21.6 Å². The molecule has 2 aliphatic rings. The minimum absolute atomic E-state index is 0.0363. The van der Waals surface area contributed by atoms with Crippen LogP contribution in [0.2, 0.25) is 0 Å². The second-order valence-electron chi connectivity index (χ2n) is 8.30. The van der Waals surface area contributed by atoms with Crippen LogP contribution in [0.4, 0.5) is 0 Å². The molecule has 6 nitrogen and oxygen atoms in total. The third-order valence-electron chi connectivity index (χ3n) is 6.70. The van der Waals surface area contributed by atoms with Crippen molar-refractivity contribution in [3.05, 3.63) is 29.8 Å². The summed E-state index contributed by atoms with van der Waals surface area (Å²) in [5.74, 6) is 0.300. The molecule has 0 radical (unpaired) electrons. The number of benzene rings is 1. The van der Waals surface area contributed by atoms with Crippen LogP contribution in [0.15, 0.2) is 34.3 Å². The monoisotopic (exact) mass is 377 g/mol. The number of hydrogen-bond acceptors (Lipinski definition) is 4. The molecule has 2 aliphatic carbocycles. The van der Waals surface area contributed by atoms with Crippen LogP contribution in [0.1, 0.15) is 50.4 Å². The Labute approximate surface area is 155 Å². The molecule has 1 amide bonds. The van der Waals surface area contributed by atoms with Gasteiger partial charge in [0.25, 0.3) is 5.91 Å². The molecule has 0 unspecified atom stereocenters. The first-order valence-corrected chi connectivity index (χ1v) is 10.3. The molecule has 0 spiro atoms. The Morgan fingerprint density at radius 1 is 1.19 bits per heavy atom. The van der Waals surface area contributed by atoms with Crippen LogP contribution in [0, 0.1) is 16.7 Å². The third kappa shape index (κ3) is 2.77. The topological polar surface area (TPSA) is 78.8 Å². The number of hydrazone groups is 1. The Morgan fingerprint density at radius 3 is 2.27 bits per heavy atom. The molecule has 2 fully saturated rings. The molecule has 0 heterocycles. The van der Waals surface area contributed by atoms with E-state index in [1.807, 2.05) is 0 Å². The van der Waals surface area contributed by atoms with Crippen molar-refractivity contribution in [2.45, 2.75) is 44.9 Å². The van der Waals surface area contributed by atoms with E-state index in [2.05, 4.69) is 31.3 Å². The van der Waals surface area contributed by atoms with Gasteiger partial charge in [0, 0.05) is 30.8 Å². The lowest BCUT2D eigenvalue weighted by Gasteiger charge is -2.34. The molecule has 1 N–H and O–H groups in total. The molecule has 1 aromatic carbocycles. The predicted molar refractivity (Wildman–Crippen MR) is 101 cm³/mol. The van der Waals surface area contributed by atoms with E-state index in [0.29, 0.717) is 11.5 Å². The first-order chi connectivity index (χ1) is 12.0. The van der Waals surface area contributed by atoms with Crippen LogP contribution in [-0.2, 0) is 10.0 Å². The van der Waals surface area contributed by atoms with Crippen LogP contribution >= 0.6 is 0 Å². The standard InChI is InChI=1S/C19H27N3O3S/c1-18(2)14-10-11-19(18,3)16(12-14)20-21-17(23)13-6-8-15(9-7-13)26(24,25)22(4)5/h6-9,14H,10-12H2,1-5H3,(H,21,23)/b20-16-/t14-,19+/m1/s1. The van der Waals surface area contributed by atoms with E-state index in [1.165, 1.54) is 44.8 Å². The van der Waals surface area contributed by atoms with Crippen molar-refractivity contribution in [2.24, 2.45) is 21.8 Å². The van der Waals surface area contributed by atoms with E-state index in [0.717, 1.165) is 22.9 Å². The molecule has 3 rings (SSSR count). The van der Waals surface area contributed by atoms with Gasteiger partial charge in [0.1, 0.15) is 0 Å². The number of amides is 1. The molecule has 1 aromatic rings. The molecule has 26 heavy (non-hydrogen) atoms. The molecule has 0 aliphatic heterocycles. The van der Waals surface area contributed by atoms with Crippen molar-refractivity contribution in [1.82, 2.24) is 9.73 Å². The van der Waals surface area contributed by atoms with Crippen LogP contribution in [0.5, 0.6) is 0 Å². The summed E-state index contributed by atoms with van der Waals surface area (Å²) in [5, 5.41) is 4.44. The van der Waals surface area contributed by atoms with Gasteiger partial charge in [0.05, 0.1) is 4.90 Å². The molecule has 0 saturated heterocycles. The number of rotatable bonds is 4. The molecule has 2 bridgehead atoms. The van der Waals surface area contributed by atoms with Crippen LogP contribution in [0.3, 0.4) is 0 Å². The van der Waals surface area contributed by atoms with E-state index in [-0.39, 0.29) is 21.6 Å². The Morgan fingerprint density at radius 2 is 1.81 bits per heavy atom. The predicted octanol–water partition coefficient (Wildman–Crippen LogP) is 2.87. The van der Waals surface area contributed by atoms with Crippen LogP contribution < -0.4 is 5.43 Å². The van der Waals surface area contributed by atoms with Crippen molar-refractivity contribution < 1.29 is 13.2 Å². The number of carbonyl (C=O) groups excluding carboxylic acids is 1. The SMILES string of the molecule is CN(C)S(=O)(=O)c1ccc(C(=O)N/N=C2/C[C@H]3CC[C@]2(C)C3(C)C)cc1. The molecule has 2 saturated carbocycles. The fraction of sp³-hybridized carbons (Fsp3) is 0.579. The van der Waals surface area contributed by atoms with Gasteiger partial charge >= 0.3 is 0 Å². The lowest BCUT2D eigenvalue weighted by Crippen LogP contribution is -2.34. The zero-order valence-corrected chi connectivity index (χ0v) is 16.9. The van der Waals surface area contributed by atoms with E-state index in [9.17, 15) is 13.2 Å². The highest BCUT2D eigenvalue weighted by atomic mass is 32.2. The second-order valence-corrected chi connectivity index (χ2v) is 10.5. The van der Waals surface area contributed by atoms with Crippen LogP contribution in [0.25, 0.3) is 0 Å². The number of sulfonamides is 1. The zero-order valence-electron chi connectivity index (χ0n) is 16.0. The fourth-order valence-electron chi connectivity index (χ4n) is 4.27. The van der Waals surface area contributed by atoms with Gasteiger partial charge in [-0.15, -0.1) is 0 Å². The first kappa shape index (κ1) is 19.0. The van der Waals surface area contributed by atoms with Crippen molar-refractivity contribution in [3.63, 3.8) is 0 Å². The average molecular weight is 378 g/mol. The summed E-state index contributed by atoms with van der Waals surface area (Å²) in [6, 6.07) is 5.91. The highest BCUT2D eigenvalue weighted by Gasteiger charge is 2.60. The normalized spacial score (nSPS) is 28.7. The number of nitrogens with zero attached hydrogens (tertiary/aromatic N) is 2. The van der Waals surface area contributed by atoms with E-state index >= 15 is 0 Å². The van der Waals surface area contributed by atoms with Crippen molar-refractivity contribution in [2.75, 3.05) is 14.1 Å². The Hall–Kier alpha value is -1.73. The summed E-state index contributed by atoms with van der Waals surface area (Å²) >= 11 is 0. The number of nitrogens with one attached hydrogen (secondary N) is 1. The minimum Gasteiger partial charge on any atom is -0.267 e. The average Bonchev–Trinajstić information content (AvgIpc) is 2.92. The highest BCUT2D eigenvalue weighted by Crippen LogP contribution is 2.63. The van der Waals surface area contributed by atoms with E-state index in [1.54, 1.807) is 0 Å². The third-order valence-corrected chi connectivity index (χ3v) is 8.53. The lowest BCUT2D eigenvalue weighted by molar-refractivity contribution is 0.0953. The van der Waals surface area contributed by atoms with Gasteiger partial charge in [-0.25, -0.2) is 18.1 Å². The molecular formula is C19H27N3O3S. The maximum atomic E-state index is 12.4. The van der Waals surface area contributed by atoms with Gasteiger partial charge in [-0.05, 0) is 54.9 Å². The van der Waals surface area contributed by atoms with Crippen molar-refractivity contribution in [1.29, 1.82) is 0 Å². The summed E-state index contributed by atoms with van der Waals surface area (Å²) in [4.78, 5) is 12.6. The fourth-order valence-corrected chi connectivity index (χ4v) is 5.17. The van der Waals surface area contributed by atoms with Gasteiger partial charge in [-0.1, -0.05) is 20.8 Å². The Kier molecular flexibility index (Phi) is 4.51. The summed E-state index contributed by atoms with van der Waals surface area (Å²) < 4.78 is 25.3. The molecule has 7 heteroatoms. The van der Waals surface area contributed by atoms with Gasteiger partial charge in [0.15, 0.2) is 0 Å². The second kappa shape index (κ2) is 6.16. The number of fused-ring (bicyclic) bond motifs is 2. The first-order valence-electron chi connectivity index (χ1n) is 8.90. The van der Waals surface area contributed by atoms with Crippen molar-refractivity contribution in [3.8, 4) is 0 Å². The lowest BCUT2D eigenvalue weighted by atomic mass is 9.70. The van der Waals surface area contributed by atoms with Gasteiger partial charge < -0.3 is 0 Å². The molecular weight excluding hydrogens is 350 g/mol. The Bertz CT molecular complexity index is 857. The maximum Gasteiger partial charge on any atom is 0.271 e. The summed E-state index contributed by atoms with van der Waals surface area (Å²) in [6.07, 6.45) is 3.26. The zero-order chi connectivity index (χ0) is 19.3.